The molecule has 0 N–H and O–H groups in total. The average Bonchev–Trinajstić information content (AvgIpc) is 2.14. The van der Waals surface area contributed by atoms with Gasteiger partial charge in [0.05, 0.1) is 0 Å². The highest BCUT2D eigenvalue weighted by Gasteiger charge is 2.30. The van der Waals surface area contributed by atoms with Crippen LogP contribution in [0.3, 0.4) is 0 Å². The number of hydrogen-bond donors (Lipinski definition) is 0. The van der Waals surface area contributed by atoms with E-state index in [1.807, 2.05) is 0 Å². The van der Waals surface area contributed by atoms with Gasteiger partial charge in [0.1, 0.15) is 0 Å². The smallest absolute Gasteiger partial charge is 0.348 e. The maximum atomic E-state index is 5.40. The average molecular weight is 191 g/mol. The Morgan fingerprint density at radius 3 is 1.75 bits per heavy atom. The minimum absolute atomic E-state index is 0.951. The monoisotopic (exact) mass is 191 g/mol. The van der Waals surface area contributed by atoms with Crippen molar-refractivity contribution in [2.45, 2.75) is 20.4 Å². The molecule has 12 heavy (non-hydrogen) atoms. The molecule has 4 heteroatoms. The van der Waals surface area contributed by atoms with Crippen LogP contribution in [-0.2, 0) is 8.85 Å². The molecule has 0 aliphatic heterocycles. The summed E-state index contributed by atoms with van der Waals surface area (Å²) >= 11 is 0. The second-order valence-electron chi connectivity index (χ2n) is 3.00. The predicted octanol–water partition coefficient (Wildman–Crippen LogP) is 1.23. The van der Waals surface area contributed by atoms with Gasteiger partial charge in [0.2, 0.25) is 0 Å². The fraction of sp³-hybridized carbons (Fsp3) is 1.00. The van der Waals surface area contributed by atoms with Gasteiger partial charge in [0.25, 0.3) is 0 Å². The van der Waals surface area contributed by atoms with Crippen molar-refractivity contribution >= 4 is 8.56 Å². The van der Waals surface area contributed by atoms with Crippen molar-refractivity contribution in [3.05, 3.63) is 0 Å². The summed E-state index contributed by atoms with van der Waals surface area (Å²) in [7, 11) is 1.59. The highest BCUT2D eigenvalue weighted by atomic mass is 28.4. The van der Waals surface area contributed by atoms with Crippen LogP contribution < -0.4 is 0 Å². The second-order valence-corrected chi connectivity index (χ2v) is 6.40. The summed E-state index contributed by atoms with van der Waals surface area (Å²) in [5.41, 5.74) is 0. The third kappa shape index (κ3) is 3.67. The molecule has 0 aromatic carbocycles. The van der Waals surface area contributed by atoms with Crippen LogP contribution in [0.1, 0.15) is 13.8 Å². The molecule has 0 amide bonds. The molecule has 0 aromatic rings. The van der Waals surface area contributed by atoms with E-state index < -0.39 is 8.56 Å². The summed E-state index contributed by atoms with van der Waals surface area (Å²) in [6.07, 6.45) is 0.951. The summed E-state index contributed by atoms with van der Waals surface area (Å²) in [5.74, 6) is 0. The third-order valence-electron chi connectivity index (χ3n) is 2.27. The Morgan fingerprint density at radius 1 is 1.08 bits per heavy atom. The first kappa shape index (κ1) is 12.1. The van der Waals surface area contributed by atoms with Crippen molar-refractivity contribution in [1.29, 1.82) is 0 Å². The van der Waals surface area contributed by atoms with Crippen molar-refractivity contribution < 1.29 is 8.85 Å². The van der Waals surface area contributed by atoms with Crippen LogP contribution in [0.15, 0.2) is 0 Å². The Bertz CT molecular complexity index is 114. The van der Waals surface area contributed by atoms with Crippen LogP contribution in [0.4, 0.5) is 0 Å². The molecule has 0 aromatic heterocycles. The molecule has 0 saturated heterocycles. The zero-order valence-electron chi connectivity index (χ0n) is 8.89. The maximum absolute atomic E-state index is 5.40. The first-order valence-corrected chi connectivity index (χ1v) is 6.96. The lowest BCUT2D eigenvalue weighted by molar-refractivity contribution is 0.215. The van der Waals surface area contributed by atoms with Gasteiger partial charge >= 0.3 is 8.56 Å². The Morgan fingerprint density at radius 2 is 1.50 bits per heavy atom. The van der Waals surface area contributed by atoms with Crippen LogP contribution >= 0.6 is 0 Å². The summed E-state index contributed by atoms with van der Waals surface area (Å²) in [5, 5.41) is 0. The molecule has 74 valence electrons. The lowest BCUT2D eigenvalue weighted by Gasteiger charge is -2.29. The Labute approximate surface area is 76.9 Å². The van der Waals surface area contributed by atoms with E-state index in [2.05, 4.69) is 25.3 Å². The standard InChI is InChI=1S/C8H21NO2Si/c1-6-9(7-2)8-12(5,10-3)11-4/h6-8H2,1-5H3. The van der Waals surface area contributed by atoms with Gasteiger partial charge in [-0.15, -0.1) is 0 Å². The van der Waals surface area contributed by atoms with Gasteiger partial charge in [0.15, 0.2) is 0 Å². The topological polar surface area (TPSA) is 21.7 Å². The van der Waals surface area contributed by atoms with E-state index in [9.17, 15) is 0 Å². The Balaban J connectivity index is 3.99. The number of nitrogens with zero attached hydrogens (tertiary/aromatic N) is 1. The summed E-state index contributed by atoms with van der Waals surface area (Å²) < 4.78 is 10.8. The van der Waals surface area contributed by atoms with E-state index >= 15 is 0 Å². The van der Waals surface area contributed by atoms with Crippen LogP contribution in [0.25, 0.3) is 0 Å². The van der Waals surface area contributed by atoms with Gasteiger partial charge in [-0.1, -0.05) is 13.8 Å². The second kappa shape index (κ2) is 5.69. The molecule has 3 nitrogen and oxygen atoms in total. The summed E-state index contributed by atoms with van der Waals surface area (Å²) in [4.78, 5) is 2.33. The fourth-order valence-corrected chi connectivity index (χ4v) is 2.75. The van der Waals surface area contributed by atoms with E-state index in [0.717, 1.165) is 19.3 Å². The summed E-state index contributed by atoms with van der Waals surface area (Å²) in [6, 6.07) is 0. The third-order valence-corrected chi connectivity index (χ3v) is 5.02. The van der Waals surface area contributed by atoms with Gasteiger partial charge < -0.3 is 13.8 Å². The molecule has 0 unspecified atom stereocenters. The van der Waals surface area contributed by atoms with Crippen LogP contribution in [0, 0.1) is 0 Å². The Hall–Kier alpha value is 0.0969. The van der Waals surface area contributed by atoms with Crippen molar-refractivity contribution in [2.24, 2.45) is 0 Å². The minimum atomic E-state index is -1.88. The van der Waals surface area contributed by atoms with Gasteiger partial charge in [-0.25, -0.2) is 0 Å². The highest BCUT2D eigenvalue weighted by molar-refractivity contribution is 6.66. The summed E-state index contributed by atoms with van der Waals surface area (Å²) in [6.45, 7) is 8.52. The molecular formula is C8H21NO2Si. The molecule has 0 rings (SSSR count). The van der Waals surface area contributed by atoms with Gasteiger partial charge in [-0.2, -0.15) is 0 Å². The lowest BCUT2D eigenvalue weighted by atomic mass is 10.6. The quantitative estimate of drug-likeness (QED) is 0.590. The normalized spacial score (nSPS) is 12.5. The van der Waals surface area contributed by atoms with Crippen LogP contribution in [-0.4, -0.2) is 46.9 Å². The van der Waals surface area contributed by atoms with Crippen molar-refractivity contribution in [1.82, 2.24) is 4.90 Å². The van der Waals surface area contributed by atoms with E-state index in [0.29, 0.717) is 0 Å². The van der Waals surface area contributed by atoms with E-state index in [4.69, 9.17) is 8.85 Å². The SMILES string of the molecule is CCN(CC)C[Si](C)(OC)OC. The predicted molar refractivity (Wildman–Crippen MR) is 53.4 cm³/mol. The fourth-order valence-electron chi connectivity index (χ4n) is 1.07. The van der Waals surface area contributed by atoms with Gasteiger partial charge in [-0.05, 0) is 19.6 Å². The van der Waals surface area contributed by atoms with Gasteiger partial charge in [-0.3, -0.25) is 0 Å². The first-order chi connectivity index (χ1) is 5.61. The molecule has 0 radical (unpaired) electrons. The Kier molecular flexibility index (Phi) is 5.74. The van der Waals surface area contributed by atoms with E-state index in [1.165, 1.54) is 0 Å². The molecular weight excluding hydrogens is 170 g/mol. The van der Waals surface area contributed by atoms with Crippen molar-refractivity contribution in [3.63, 3.8) is 0 Å². The van der Waals surface area contributed by atoms with Crippen molar-refractivity contribution in [3.8, 4) is 0 Å². The molecule has 0 spiro atoms. The first-order valence-electron chi connectivity index (χ1n) is 4.44. The molecule has 0 bridgehead atoms. The van der Waals surface area contributed by atoms with Crippen LogP contribution in [0.5, 0.6) is 0 Å². The van der Waals surface area contributed by atoms with Gasteiger partial charge in [0, 0.05) is 20.4 Å². The molecule has 0 aliphatic carbocycles. The minimum Gasteiger partial charge on any atom is -0.397 e. The van der Waals surface area contributed by atoms with E-state index in [1.54, 1.807) is 14.2 Å². The maximum Gasteiger partial charge on any atom is 0.348 e. The lowest BCUT2D eigenvalue weighted by Crippen LogP contribution is -2.48. The number of rotatable bonds is 6. The largest absolute Gasteiger partial charge is 0.397 e. The molecule has 0 fully saturated rings. The zero-order valence-corrected chi connectivity index (χ0v) is 9.89. The highest BCUT2D eigenvalue weighted by Crippen LogP contribution is 2.06. The zero-order chi connectivity index (χ0) is 9.61. The van der Waals surface area contributed by atoms with Crippen LogP contribution in [0.2, 0.25) is 6.55 Å². The molecule has 0 saturated carbocycles. The van der Waals surface area contributed by atoms with E-state index in [-0.39, 0.29) is 0 Å². The number of hydrogen-bond acceptors (Lipinski definition) is 3. The van der Waals surface area contributed by atoms with Crippen molar-refractivity contribution in [2.75, 3.05) is 33.5 Å². The molecule has 0 aliphatic rings. The molecule has 0 atom stereocenters. The molecule has 0 heterocycles.